The fourth-order valence-corrected chi connectivity index (χ4v) is 3.82. The van der Waals surface area contributed by atoms with Crippen LogP contribution >= 0.6 is 23.5 Å². The van der Waals surface area contributed by atoms with Crippen LogP contribution in [-0.4, -0.2) is 29.3 Å². The molecule has 0 aliphatic carbocycles. The van der Waals surface area contributed by atoms with Crippen LogP contribution in [-0.2, 0) is 0 Å². The third kappa shape index (κ3) is 2.34. The Morgan fingerprint density at radius 1 is 1.33 bits per heavy atom. The summed E-state index contributed by atoms with van der Waals surface area (Å²) in [7, 11) is 2.18. The van der Waals surface area contributed by atoms with Crippen LogP contribution in [0.3, 0.4) is 0 Å². The molecule has 1 aromatic carbocycles. The van der Waals surface area contributed by atoms with Crippen LogP contribution in [0.25, 0.3) is 5.70 Å². The first-order chi connectivity index (χ1) is 7.33. The Kier molecular flexibility index (Phi) is 3.65. The van der Waals surface area contributed by atoms with Crippen molar-refractivity contribution in [3.05, 3.63) is 41.3 Å². The lowest BCUT2D eigenvalue weighted by atomic mass is 10.1. The molecule has 1 aliphatic rings. The zero-order valence-corrected chi connectivity index (χ0v) is 10.6. The van der Waals surface area contributed by atoms with E-state index in [1.807, 2.05) is 23.5 Å². The topological polar surface area (TPSA) is 3.24 Å². The number of hydrogen-bond acceptors (Lipinski definition) is 3. The second kappa shape index (κ2) is 4.99. The molecule has 15 heavy (non-hydrogen) atoms. The van der Waals surface area contributed by atoms with E-state index < -0.39 is 0 Å². The van der Waals surface area contributed by atoms with E-state index in [0.717, 1.165) is 0 Å². The van der Waals surface area contributed by atoms with Crippen LogP contribution in [0.15, 0.2) is 35.7 Å². The second-order valence-electron chi connectivity index (χ2n) is 3.50. The minimum atomic E-state index is 0.593. The largest absolute Gasteiger partial charge is 0.361 e. The van der Waals surface area contributed by atoms with Gasteiger partial charge in [0, 0.05) is 12.8 Å². The van der Waals surface area contributed by atoms with E-state index in [1.54, 1.807) is 0 Å². The van der Waals surface area contributed by atoms with Crippen molar-refractivity contribution in [3.63, 3.8) is 0 Å². The van der Waals surface area contributed by atoms with Gasteiger partial charge in [0.15, 0.2) is 0 Å². The molecule has 1 unspecified atom stereocenters. The molecule has 0 fully saturated rings. The molecule has 0 saturated heterocycles. The molecule has 0 saturated carbocycles. The Labute approximate surface area is 99.9 Å². The molecule has 0 amide bonds. The Morgan fingerprint density at radius 2 is 2.07 bits per heavy atom. The first-order valence-corrected chi connectivity index (χ1v) is 7.29. The van der Waals surface area contributed by atoms with E-state index in [1.165, 1.54) is 17.0 Å². The van der Waals surface area contributed by atoms with Gasteiger partial charge in [0.25, 0.3) is 0 Å². The van der Waals surface area contributed by atoms with Crippen LogP contribution in [0.2, 0.25) is 0 Å². The lowest BCUT2D eigenvalue weighted by Crippen LogP contribution is -2.31. The highest BCUT2D eigenvalue weighted by Crippen LogP contribution is 2.32. The lowest BCUT2D eigenvalue weighted by Gasteiger charge is -2.33. The van der Waals surface area contributed by atoms with Crippen molar-refractivity contribution < 1.29 is 0 Å². The van der Waals surface area contributed by atoms with E-state index in [2.05, 4.69) is 53.9 Å². The van der Waals surface area contributed by atoms with Crippen molar-refractivity contribution in [1.29, 1.82) is 0 Å². The number of rotatable bonds is 2. The van der Waals surface area contributed by atoms with Crippen LogP contribution < -0.4 is 0 Å². The summed E-state index contributed by atoms with van der Waals surface area (Å²) in [6, 6.07) is 10.6. The fourth-order valence-electron chi connectivity index (χ4n) is 1.67. The van der Waals surface area contributed by atoms with Gasteiger partial charge in [-0.15, -0.1) is 23.5 Å². The zero-order valence-electron chi connectivity index (χ0n) is 9.01. The first-order valence-electron chi connectivity index (χ1n) is 4.95. The minimum Gasteiger partial charge on any atom is -0.361 e. The van der Waals surface area contributed by atoms with Crippen molar-refractivity contribution in [2.45, 2.75) is 5.37 Å². The molecule has 0 spiro atoms. The Balaban J connectivity index is 2.26. The highest BCUT2D eigenvalue weighted by atomic mass is 32.2. The number of nitrogens with zero attached hydrogens (tertiary/aromatic N) is 1. The van der Waals surface area contributed by atoms with Gasteiger partial charge in [-0.3, -0.25) is 0 Å². The van der Waals surface area contributed by atoms with E-state index >= 15 is 0 Å². The third-order valence-electron chi connectivity index (χ3n) is 2.59. The minimum absolute atomic E-state index is 0.593. The molecule has 0 N–H and O–H groups in total. The summed E-state index contributed by atoms with van der Waals surface area (Å²) in [5.41, 5.74) is 2.65. The van der Waals surface area contributed by atoms with Crippen molar-refractivity contribution in [1.82, 2.24) is 4.90 Å². The normalized spacial score (nSPS) is 21.3. The Morgan fingerprint density at radius 3 is 2.73 bits per heavy atom. The molecule has 1 heterocycles. The van der Waals surface area contributed by atoms with Crippen molar-refractivity contribution >= 4 is 29.2 Å². The Bertz CT molecular complexity index is 348. The van der Waals surface area contributed by atoms with E-state index in [0.29, 0.717) is 5.37 Å². The maximum Gasteiger partial charge on any atom is 0.0838 e. The molecule has 3 heteroatoms. The second-order valence-corrected chi connectivity index (χ2v) is 5.42. The van der Waals surface area contributed by atoms with Gasteiger partial charge in [-0.05, 0) is 17.2 Å². The zero-order chi connectivity index (χ0) is 10.7. The highest BCUT2D eigenvalue weighted by molar-refractivity contribution is 8.04. The molecule has 2 rings (SSSR count). The van der Waals surface area contributed by atoms with Gasteiger partial charge in [-0.2, -0.15) is 0 Å². The summed E-state index contributed by atoms with van der Waals surface area (Å²) < 4.78 is 0. The molecular formula is C12H15NS2. The van der Waals surface area contributed by atoms with Crippen molar-refractivity contribution in [2.75, 3.05) is 19.1 Å². The molecule has 1 aromatic rings. The van der Waals surface area contributed by atoms with Crippen LogP contribution in [0.1, 0.15) is 5.56 Å². The molecular weight excluding hydrogens is 222 g/mol. The standard InChI is InChI=1S/C12H15NS2/c1-13-11(8-15-9-12(13)14-2)10-6-4-3-5-7-10/h3-8,12H,9H2,1-2H3. The average Bonchev–Trinajstić information content (AvgIpc) is 2.30. The molecule has 80 valence electrons. The van der Waals surface area contributed by atoms with Crippen LogP contribution in [0.4, 0.5) is 0 Å². The number of thioether (sulfide) groups is 2. The molecule has 0 bridgehead atoms. The summed E-state index contributed by atoms with van der Waals surface area (Å²) >= 11 is 3.83. The number of benzene rings is 1. The van der Waals surface area contributed by atoms with E-state index in [-0.39, 0.29) is 0 Å². The fraction of sp³-hybridized carbons (Fsp3) is 0.333. The summed E-state index contributed by atoms with van der Waals surface area (Å²) in [5.74, 6) is 1.17. The van der Waals surface area contributed by atoms with Crippen LogP contribution in [0.5, 0.6) is 0 Å². The van der Waals surface area contributed by atoms with Gasteiger partial charge in [0.2, 0.25) is 0 Å². The predicted octanol–water partition coefficient (Wildman–Crippen LogP) is 3.35. The molecule has 1 atom stereocenters. The smallest absolute Gasteiger partial charge is 0.0838 e. The summed E-state index contributed by atoms with van der Waals surface area (Å²) in [4.78, 5) is 2.37. The van der Waals surface area contributed by atoms with Gasteiger partial charge in [0.1, 0.15) is 0 Å². The van der Waals surface area contributed by atoms with Crippen molar-refractivity contribution in [3.8, 4) is 0 Å². The van der Waals surface area contributed by atoms with Gasteiger partial charge >= 0.3 is 0 Å². The van der Waals surface area contributed by atoms with Crippen LogP contribution in [0, 0.1) is 0 Å². The third-order valence-corrected chi connectivity index (χ3v) is 4.72. The first kappa shape index (κ1) is 11.0. The monoisotopic (exact) mass is 237 g/mol. The lowest BCUT2D eigenvalue weighted by molar-refractivity contribution is 0.477. The van der Waals surface area contributed by atoms with Gasteiger partial charge < -0.3 is 4.90 Å². The van der Waals surface area contributed by atoms with E-state index in [4.69, 9.17) is 0 Å². The maximum atomic E-state index is 2.37. The Hall–Kier alpha value is -0.540. The molecule has 1 nitrogen and oxygen atoms in total. The average molecular weight is 237 g/mol. The van der Waals surface area contributed by atoms with Crippen molar-refractivity contribution in [2.24, 2.45) is 0 Å². The summed E-state index contributed by atoms with van der Waals surface area (Å²) in [6.45, 7) is 0. The highest BCUT2D eigenvalue weighted by Gasteiger charge is 2.20. The summed E-state index contributed by atoms with van der Waals surface area (Å²) in [5, 5.41) is 2.86. The molecule has 1 aliphatic heterocycles. The molecule has 0 aromatic heterocycles. The number of hydrogen-bond donors (Lipinski definition) is 0. The predicted molar refractivity (Wildman–Crippen MR) is 71.9 cm³/mol. The SMILES string of the molecule is CSC1CSC=C(c2ccccc2)N1C. The quantitative estimate of drug-likeness (QED) is 0.776. The van der Waals surface area contributed by atoms with E-state index in [9.17, 15) is 0 Å². The maximum absolute atomic E-state index is 2.37. The van der Waals surface area contributed by atoms with Gasteiger partial charge in [0.05, 0.1) is 11.1 Å². The summed E-state index contributed by atoms with van der Waals surface area (Å²) in [6.07, 6.45) is 2.18. The van der Waals surface area contributed by atoms with Gasteiger partial charge in [-0.1, -0.05) is 30.3 Å². The molecule has 0 radical (unpaired) electrons. The van der Waals surface area contributed by atoms with Gasteiger partial charge in [-0.25, -0.2) is 0 Å².